The molecule has 1 saturated heterocycles. The van der Waals surface area contributed by atoms with E-state index in [0.717, 1.165) is 29.7 Å². The van der Waals surface area contributed by atoms with Gasteiger partial charge in [0.1, 0.15) is 0 Å². The van der Waals surface area contributed by atoms with Gasteiger partial charge < -0.3 is 10.2 Å². The molecule has 0 unspecified atom stereocenters. The minimum absolute atomic E-state index is 0.0188. The van der Waals surface area contributed by atoms with Crippen LogP contribution >= 0.6 is 11.8 Å². The Labute approximate surface area is 180 Å². The fourth-order valence-electron chi connectivity index (χ4n) is 3.60. The van der Waals surface area contributed by atoms with E-state index in [-0.39, 0.29) is 11.8 Å². The zero-order valence-corrected chi connectivity index (χ0v) is 18.2. The average Bonchev–Trinajstić information content (AvgIpc) is 3.47. The third kappa shape index (κ3) is 4.99. The summed E-state index contributed by atoms with van der Waals surface area (Å²) in [6, 6.07) is 6.37. The Morgan fingerprint density at radius 1 is 1.13 bits per heavy atom. The van der Waals surface area contributed by atoms with Crippen molar-refractivity contribution < 1.29 is 9.59 Å². The predicted molar refractivity (Wildman–Crippen MR) is 114 cm³/mol. The Morgan fingerprint density at radius 3 is 2.50 bits per heavy atom. The lowest BCUT2D eigenvalue weighted by atomic mass is 10.1. The number of hydrogen-bond acceptors (Lipinski definition) is 7. The highest BCUT2D eigenvalue weighted by atomic mass is 32.2. The van der Waals surface area contributed by atoms with Crippen LogP contribution in [-0.2, 0) is 9.59 Å². The van der Waals surface area contributed by atoms with E-state index in [0.29, 0.717) is 49.7 Å². The first-order valence-electron chi connectivity index (χ1n) is 10.3. The second kappa shape index (κ2) is 9.13. The molecule has 2 fully saturated rings. The number of hydrogen-bond donors (Lipinski definition) is 1. The van der Waals surface area contributed by atoms with E-state index in [9.17, 15) is 9.59 Å². The molecule has 160 valence electrons. The Kier molecular flexibility index (Phi) is 6.33. The smallest absolute Gasteiger partial charge is 0.238 e. The predicted octanol–water partition coefficient (Wildman–Crippen LogP) is 1.50. The number of aromatic nitrogens is 4. The second-order valence-electron chi connectivity index (χ2n) is 7.90. The largest absolute Gasteiger partial charge is 0.339 e. The molecular formula is C20H27N7O2S. The van der Waals surface area contributed by atoms with Crippen molar-refractivity contribution in [3.63, 3.8) is 0 Å². The lowest BCUT2D eigenvalue weighted by Crippen LogP contribution is -2.51. The molecule has 2 aromatic rings. The van der Waals surface area contributed by atoms with Crippen LogP contribution in [0.5, 0.6) is 0 Å². The normalized spacial score (nSPS) is 17.2. The molecular weight excluding hydrogens is 402 g/mol. The maximum absolute atomic E-state index is 12.6. The third-order valence-corrected chi connectivity index (χ3v) is 6.44. The molecule has 2 aliphatic rings. The Bertz CT molecular complexity index is 899. The molecule has 1 aromatic heterocycles. The van der Waals surface area contributed by atoms with Gasteiger partial charge in [-0.2, -0.15) is 0 Å². The zero-order chi connectivity index (χ0) is 21.1. The van der Waals surface area contributed by atoms with Gasteiger partial charge in [-0.25, -0.2) is 4.68 Å². The van der Waals surface area contributed by atoms with Crippen LogP contribution in [0.2, 0.25) is 0 Å². The lowest BCUT2D eigenvalue weighted by molar-refractivity contribution is -0.130. The van der Waals surface area contributed by atoms with Crippen LogP contribution in [0.1, 0.15) is 30.0 Å². The number of nitrogens with one attached hydrogen (secondary N) is 1. The molecule has 4 rings (SSSR count). The minimum Gasteiger partial charge on any atom is -0.339 e. The molecule has 2 heterocycles. The molecule has 1 saturated carbocycles. The SMILES string of the molecule is Cc1cccc(C)c1NC(=O)CN1CCN(C(=O)CSc2nnnn2C2CC2)CC1. The highest BCUT2D eigenvalue weighted by Crippen LogP contribution is 2.36. The number of aryl methyl sites for hydroxylation is 2. The van der Waals surface area contributed by atoms with Crippen LogP contribution in [0.3, 0.4) is 0 Å². The topological polar surface area (TPSA) is 96.2 Å². The van der Waals surface area contributed by atoms with Gasteiger partial charge in [-0.05, 0) is 48.2 Å². The number of rotatable bonds is 7. The number of anilines is 1. The molecule has 0 atom stereocenters. The quantitative estimate of drug-likeness (QED) is 0.666. The summed E-state index contributed by atoms with van der Waals surface area (Å²) in [6.07, 6.45) is 2.21. The summed E-state index contributed by atoms with van der Waals surface area (Å²) in [7, 11) is 0. The number of benzene rings is 1. The Hall–Kier alpha value is -2.46. The van der Waals surface area contributed by atoms with E-state index in [1.807, 2.05) is 41.6 Å². The Balaban J connectivity index is 1.21. The number of amides is 2. The summed E-state index contributed by atoms with van der Waals surface area (Å²) in [4.78, 5) is 29.0. The van der Waals surface area contributed by atoms with Crippen molar-refractivity contribution in [3.8, 4) is 0 Å². The molecule has 0 radical (unpaired) electrons. The second-order valence-corrected chi connectivity index (χ2v) is 8.84. The summed E-state index contributed by atoms with van der Waals surface area (Å²) in [5.74, 6) is 0.403. The first-order valence-corrected chi connectivity index (χ1v) is 11.3. The van der Waals surface area contributed by atoms with Gasteiger partial charge in [-0.3, -0.25) is 14.5 Å². The average molecular weight is 430 g/mol. The van der Waals surface area contributed by atoms with Crippen molar-refractivity contribution in [1.82, 2.24) is 30.0 Å². The first kappa shape index (κ1) is 20.8. The Morgan fingerprint density at radius 2 is 1.83 bits per heavy atom. The maximum Gasteiger partial charge on any atom is 0.238 e. The molecule has 1 aromatic carbocycles. The van der Waals surface area contributed by atoms with Gasteiger partial charge in [0.25, 0.3) is 0 Å². The lowest BCUT2D eigenvalue weighted by Gasteiger charge is -2.34. The number of nitrogens with zero attached hydrogens (tertiary/aromatic N) is 6. The molecule has 1 aliphatic heterocycles. The monoisotopic (exact) mass is 429 g/mol. The highest BCUT2D eigenvalue weighted by molar-refractivity contribution is 7.99. The highest BCUT2D eigenvalue weighted by Gasteiger charge is 2.29. The van der Waals surface area contributed by atoms with Gasteiger partial charge in [-0.1, -0.05) is 30.0 Å². The van der Waals surface area contributed by atoms with Crippen molar-refractivity contribution in [2.45, 2.75) is 37.9 Å². The zero-order valence-electron chi connectivity index (χ0n) is 17.4. The molecule has 2 amide bonds. The van der Waals surface area contributed by atoms with E-state index in [4.69, 9.17) is 0 Å². The van der Waals surface area contributed by atoms with Gasteiger partial charge in [0.15, 0.2) is 0 Å². The van der Waals surface area contributed by atoms with E-state index in [1.54, 1.807) is 0 Å². The van der Waals surface area contributed by atoms with E-state index in [2.05, 4.69) is 25.7 Å². The minimum atomic E-state index is -0.0188. The molecule has 1 N–H and O–H groups in total. The summed E-state index contributed by atoms with van der Waals surface area (Å²) in [6.45, 7) is 6.96. The molecule has 9 nitrogen and oxygen atoms in total. The van der Waals surface area contributed by atoms with Crippen molar-refractivity contribution in [1.29, 1.82) is 0 Å². The molecule has 1 aliphatic carbocycles. The van der Waals surface area contributed by atoms with Crippen molar-refractivity contribution >= 4 is 29.3 Å². The molecule has 0 bridgehead atoms. The van der Waals surface area contributed by atoms with Crippen LogP contribution in [0.25, 0.3) is 0 Å². The van der Waals surface area contributed by atoms with E-state index < -0.39 is 0 Å². The van der Waals surface area contributed by atoms with Crippen molar-refractivity contribution in [2.75, 3.05) is 43.8 Å². The first-order chi connectivity index (χ1) is 14.5. The van der Waals surface area contributed by atoms with Crippen LogP contribution < -0.4 is 5.32 Å². The van der Waals surface area contributed by atoms with Gasteiger partial charge in [0.05, 0.1) is 18.3 Å². The maximum atomic E-state index is 12.6. The number of para-hydroxylation sites is 1. The number of piperazine rings is 1. The summed E-state index contributed by atoms with van der Waals surface area (Å²) >= 11 is 1.40. The fourth-order valence-corrected chi connectivity index (χ4v) is 4.44. The number of thioether (sulfide) groups is 1. The van der Waals surface area contributed by atoms with E-state index in [1.165, 1.54) is 11.8 Å². The third-order valence-electron chi connectivity index (χ3n) is 5.52. The number of tetrazole rings is 1. The fraction of sp³-hybridized carbons (Fsp3) is 0.550. The summed E-state index contributed by atoms with van der Waals surface area (Å²) < 4.78 is 1.82. The van der Waals surface area contributed by atoms with Crippen LogP contribution in [-0.4, -0.2) is 80.3 Å². The standard InChI is InChI=1S/C20H27N7O2S/c1-14-4-3-5-15(2)19(14)21-17(28)12-25-8-10-26(11-9-25)18(29)13-30-20-22-23-24-27(20)16-6-7-16/h3-5,16H,6-13H2,1-2H3,(H,21,28). The van der Waals surface area contributed by atoms with Crippen LogP contribution in [0.15, 0.2) is 23.4 Å². The molecule has 10 heteroatoms. The van der Waals surface area contributed by atoms with Gasteiger partial charge >= 0.3 is 0 Å². The summed E-state index contributed by atoms with van der Waals surface area (Å²) in [5, 5.41) is 15.5. The number of carbonyl (C=O) groups is 2. The summed E-state index contributed by atoms with van der Waals surface area (Å²) in [5.41, 5.74) is 3.01. The van der Waals surface area contributed by atoms with Crippen molar-refractivity contribution in [2.24, 2.45) is 0 Å². The molecule has 30 heavy (non-hydrogen) atoms. The van der Waals surface area contributed by atoms with Crippen molar-refractivity contribution in [3.05, 3.63) is 29.3 Å². The van der Waals surface area contributed by atoms with Crippen LogP contribution in [0, 0.1) is 13.8 Å². The van der Waals surface area contributed by atoms with E-state index >= 15 is 0 Å². The van der Waals surface area contributed by atoms with Gasteiger partial charge in [-0.15, -0.1) is 5.10 Å². The van der Waals surface area contributed by atoms with Crippen LogP contribution in [0.4, 0.5) is 5.69 Å². The van der Waals surface area contributed by atoms with Gasteiger partial charge in [0.2, 0.25) is 17.0 Å². The van der Waals surface area contributed by atoms with Gasteiger partial charge in [0, 0.05) is 31.9 Å². The number of carbonyl (C=O) groups excluding carboxylic acids is 2. The molecule has 0 spiro atoms.